The number of likely N-dealkylation sites (tertiary alicyclic amines) is 1. The van der Waals surface area contributed by atoms with E-state index in [0.29, 0.717) is 0 Å². The van der Waals surface area contributed by atoms with Gasteiger partial charge in [-0.25, -0.2) is 0 Å². The second-order valence-electron chi connectivity index (χ2n) is 7.92. The summed E-state index contributed by atoms with van der Waals surface area (Å²) >= 11 is 0. The molecule has 20 heavy (non-hydrogen) atoms. The second kappa shape index (κ2) is 6.79. The van der Waals surface area contributed by atoms with Crippen LogP contribution in [-0.2, 0) is 0 Å². The maximum absolute atomic E-state index is 3.95. The molecule has 0 aromatic carbocycles. The van der Waals surface area contributed by atoms with Crippen molar-refractivity contribution in [2.75, 3.05) is 19.6 Å². The van der Waals surface area contributed by atoms with Gasteiger partial charge in [-0.15, -0.1) is 0 Å². The number of hydrogen-bond acceptors (Lipinski definition) is 2. The van der Waals surface area contributed by atoms with Crippen LogP contribution in [0.15, 0.2) is 0 Å². The normalized spacial score (nSPS) is 33.8. The van der Waals surface area contributed by atoms with Gasteiger partial charge in [-0.2, -0.15) is 0 Å². The molecule has 0 spiro atoms. The summed E-state index contributed by atoms with van der Waals surface area (Å²) in [4.78, 5) is 2.73. The van der Waals surface area contributed by atoms with E-state index in [9.17, 15) is 0 Å². The minimum atomic E-state index is 0.763. The first-order valence-electron chi connectivity index (χ1n) is 9.21. The number of rotatable bonds is 6. The lowest BCUT2D eigenvalue weighted by Crippen LogP contribution is -2.47. The SMILES string of the molecule is CC(C)C(CNC1CCCC(C2CC2)C1)N1CCCC1. The van der Waals surface area contributed by atoms with Gasteiger partial charge in [0.15, 0.2) is 0 Å². The molecule has 116 valence electrons. The highest BCUT2D eigenvalue weighted by atomic mass is 15.2. The Morgan fingerprint density at radius 1 is 0.950 bits per heavy atom. The Kier molecular flexibility index (Phi) is 5.04. The van der Waals surface area contributed by atoms with E-state index < -0.39 is 0 Å². The van der Waals surface area contributed by atoms with Crippen molar-refractivity contribution < 1.29 is 0 Å². The van der Waals surface area contributed by atoms with E-state index in [4.69, 9.17) is 0 Å². The molecule has 2 heteroatoms. The first-order valence-corrected chi connectivity index (χ1v) is 9.21. The lowest BCUT2D eigenvalue weighted by atomic mass is 9.82. The molecular formula is C18H34N2. The fourth-order valence-electron chi connectivity index (χ4n) is 4.56. The van der Waals surface area contributed by atoms with Crippen molar-refractivity contribution in [3.05, 3.63) is 0 Å². The minimum Gasteiger partial charge on any atom is -0.312 e. The maximum atomic E-state index is 3.95. The number of nitrogens with zero attached hydrogens (tertiary/aromatic N) is 1. The summed E-state index contributed by atoms with van der Waals surface area (Å²) in [5, 5.41) is 3.95. The maximum Gasteiger partial charge on any atom is 0.0243 e. The summed E-state index contributed by atoms with van der Waals surface area (Å²) in [5.41, 5.74) is 0. The van der Waals surface area contributed by atoms with Gasteiger partial charge in [0.05, 0.1) is 0 Å². The van der Waals surface area contributed by atoms with Gasteiger partial charge in [0, 0.05) is 18.6 Å². The quantitative estimate of drug-likeness (QED) is 0.797. The van der Waals surface area contributed by atoms with E-state index in [2.05, 4.69) is 24.1 Å². The van der Waals surface area contributed by atoms with Crippen molar-refractivity contribution in [3.63, 3.8) is 0 Å². The van der Waals surface area contributed by atoms with E-state index in [0.717, 1.165) is 29.8 Å². The molecule has 0 aromatic heterocycles. The molecule has 2 aliphatic carbocycles. The van der Waals surface area contributed by atoms with E-state index in [-0.39, 0.29) is 0 Å². The van der Waals surface area contributed by atoms with Crippen LogP contribution in [0.2, 0.25) is 0 Å². The van der Waals surface area contributed by atoms with E-state index in [1.165, 1.54) is 71.0 Å². The Bertz CT molecular complexity index is 292. The Morgan fingerprint density at radius 2 is 1.70 bits per heavy atom. The van der Waals surface area contributed by atoms with Crippen molar-refractivity contribution >= 4 is 0 Å². The molecule has 2 saturated carbocycles. The summed E-state index contributed by atoms with van der Waals surface area (Å²) in [7, 11) is 0. The molecule has 0 radical (unpaired) electrons. The van der Waals surface area contributed by atoms with Gasteiger partial charge in [-0.1, -0.05) is 26.7 Å². The average molecular weight is 278 g/mol. The van der Waals surface area contributed by atoms with Crippen LogP contribution in [0.1, 0.15) is 65.2 Å². The van der Waals surface area contributed by atoms with Crippen molar-refractivity contribution in [1.82, 2.24) is 10.2 Å². The summed E-state index contributed by atoms with van der Waals surface area (Å²) in [5.74, 6) is 2.95. The number of hydrogen-bond donors (Lipinski definition) is 1. The monoisotopic (exact) mass is 278 g/mol. The highest BCUT2D eigenvalue weighted by Gasteiger charge is 2.35. The van der Waals surface area contributed by atoms with Crippen LogP contribution >= 0.6 is 0 Å². The lowest BCUT2D eigenvalue weighted by molar-refractivity contribution is 0.170. The first-order chi connectivity index (χ1) is 9.74. The zero-order valence-corrected chi connectivity index (χ0v) is 13.6. The lowest BCUT2D eigenvalue weighted by Gasteiger charge is -2.35. The predicted octanol–water partition coefficient (Wildman–Crippen LogP) is 3.67. The van der Waals surface area contributed by atoms with Gasteiger partial charge in [0.25, 0.3) is 0 Å². The first kappa shape index (κ1) is 14.8. The van der Waals surface area contributed by atoms with Crippen LogP contribution in [0, 0.1) is 17.8 Å². The van der Waals surface area contributed by atoms with Crippen molar-refractivity contribution in [1.29, 1.82) is 0 Å². The van der Waals surface area contributed by atoms with Gasteiger partial charge < -0.3 is 5.32 Å². The van der Waals surface area contributed by atoms with Gasteiger partial charge in [0.1, 0.15) is 0 Å². The van der Waals surface area contributed by atoms with Gasteiger partial charge in [-0.05, 0) is 69.4 Å². The Balaban J connectivity index is 1.46. The molecule has 1 saturated heterocycles. The van der Waals surface area contributed by atoms with Gasteiger partial charge in [-0.3, -0.25) is 4.90 Å². The largest absolute Gasteiger partial charge is 0.312 e. The summed E-state index contributed by atoms with van der Waals surface area (Å²) in [6, 6.07) is 1.58. The van der Waals surface area contributed by atoms with Crippen LogP contribution in [0.25, 0.3) is 0 Å². The fraction of sp³-hybridized carbons (Fsp3) is 1.00. The van der Waals surface area contributed by atoms with Crippen LogP contribution in [-0.4, -0.2) is 36.6 Å². The average Bonchev–Trinajstić information content (AvgIpc) is 3.16. The zero-order valence-electron chi connectivity index (χ0n) is 13.6. The molecule has 0 aromatic rings. The molecule has 1 aliphatic heterocycles. The molecule has 3 unspecified atom stereocenters. The molecule has 3 aliphatic rings. The third-order valence-electron chi connectivity index (χ3n) is 6.00. The van der Waals surface area contributed by atoms with Crippen molar-refractivity contribution in [3.8, 4) is 0 Å². The van der Waals surface area contributed by atoms with Gasteiger partial charge >= 0.3 is 0 Å². The molecule has 1 N–H and O–H groups in total. The third-order valence-corrected chi connectivity index (χ3v) is 6.00. The highest BCUT2D eigenvalue weighted by Crippen LogP contribution is 2.43. The zero-order chi connectivity index (χ0) is 13.9. The molecule has 0 bridgehead atoms. The number of nitrogens with one attached hydrogen (secondary N) is 1. The summed E-state index contributed by atoms with van der Waals surface area (Å²) in [6.07, 6.45) is 11.8. The molecular weight excluding hydrogens is 244 g/mol. The smallest absolute Gasteiger partial charge is 0.0243 e. The van der Waals surface area contributed by atoms with Crippen LogP contribution in [0.4, 0.5) is 0 Å². The third kappa shape index (κ3) is 3.76. The highest BCUT2D eigenvalue weighted by molar-refractivity contribution is 4.89. The fourth-order valence-corrected chi connectivity index (χ4v) is 4.56. The summed E-state index contributed by atoms with van der Waals surface area (Å²) in [6.45, 7) is 8.69. The van der Waals surface area contributed by atoms with Crippen LogP contribution in [0.5, 0.6) is 0 Å². The molecule has 2 nitrogen and oxygen atoms in total. The molecule has 3 atom stereocenters. The predicted molar refractivity (Wildman–Crippen MR) is 85.9 cm³/mol. The Hall–Kier alpha value is -0.0800. The van der Waals surface area contributed by atoms with Crippen molar-refractivity contribution in [2.24, 2.45) is 17.8 Å². The van der Waals surface area contributed by atoms with E-state index in [1.54, 1.807) is 0 Å². The molecule has 0 amide bonds. The Labute approximate surface area is 125 Å². The van der Waals surface area contributed by atoms with Crippen molar-refractivity contribution in [2.45, 2.75) is 77.3 Å². The molecule has 3 fully saturated rings. The Morgan fingerprint density at radius 3 is 2.35 bits per heavy atom. The topological polar surface area (TPSA) is 15.3 Å². The standard InChI is InChI=1S/C18H34N2/c1-14(2)18(20-10-3-4-11-20)13-19-17-7-5-6-16(12-17)15-8-9-15/h14-19H,3-13H2,1-2H3. The minimum absolute atomic E-state index is 0.763. The molecule has 3 rings (SSSR count). The second-order valence-corrected chi connectivity index (χ2v) is 7.92. The summed E-state index contributed by atoms with van der Waals surface area (Å²) < 4.78 is 0. The van der Waals surface area contributed by atoms with Crippen LogP contribution in [0.3, 0.4) is 0 Å². The van der Waals surface area contributed by atoms with Gasteiger partial charge in [0.2, 0.25) is 0 Å². The van der Waals surface area contributed by atoms with E-state index >= 15 is 0 Å². The molecule has 1 heterocycles. The van der Waals surface area contributed by atoms with E-state index in [1.807, 2.05) is 0 Å². The van der Waals surface area contributed by atoms with Crippen LogP contribution < -0.4 is 5.32 Å².